The van der Waals surface area contributed by atoms with Gasteiger partial charge in [0.15, 0.2) is 0 Å². The Morgan fingerprint density at radius 1 is 1.10 bits per heavy atom. The number of nitrogens with two attached hydrogens (primary N) is 1. The molecule has 1 aliphatic heterocycles. The normalized spacial score (nSPS) is 13.3. The molecule has 0 bridgehead atoms. The van der Waals surface area contributed by atoms with Crippen LogP contribution in [0.4, 0.5) is 5.69 Å². The lowest BCUT2D eigenvalue weighted by Crippen LogP contribution is -2.48. The van der Waals surface area contributed by atoms with Crippen LogP contribution in [0.25, 0.3) is 5.82 Å². The molecule has 4 rings (SSSR count). The molecule has 220 valence electrons. The molecule has 1 amide bonds. The smallest absolute Gasteiger partial charge is 0.252 e. The number of carbonyl (C=O) groups is 1. The highest BCUT2D eigenvalue weighted by molar-refractivity contribution is 7.85. The highest BCUT2D eigenvalue weighted by Crippen LogP contribution is 2.30. The van der Waals surface area contributed by atoms with E-state index in [4.69, 9.17) is 15.2 Å². The van der Waals surface area contributed by atoms with Gasteiger partial charge >= 0.3 is 0 Å². The second kappa shape index (κ2) is 17.0. The van der Waals surface area contributed by atoms with Crippen LogP contribution in [0.15, 0.2) is 53.3 Å². The van der Waals surface area contributed by atoms with Crippen molar-refractivity contribution in [3.63, 3.8) is 0 Å². The van der Waals surface area contributed by atoms with Crippen molar-refractivity contribution in [1.29, 1.82) is 0 Å². The molecule has 0 fully saturated rings. The van der Waals surface area contributed by atoms with Crippen molar-refractivity contribution in [3.05, 3.63) is 65.9 Å². The highest BCUT2D eigenvalue weighted by Gasteiger charge is 2.25. The number of aromatic nitrogens is 3. The van der Waals surface area contributed by atoms with E-state index in [1.807, 2.05) is 55.4 Å². The summed E-state index contributed by atoms with van der Waals surface area (Å²) in [5.74, 6) is 1.55. The van der Waals surface area contributed by atoms with Crippen LogP contribution in [0.2, 0.25) is 0 Å². The molecule has 11 nitrogen and oxygen atoms in total. The van der Waals surface area contributed by atoms with Gasteiger partial charge in [-0.2, -0.15) is 4.40 Å². The summed E-state index contributed by atoms with van der Waals surface area (Å²) >= 11 is -1.62. The van der Waals surface area contributed by atoms with Crippen LogP contribution in [0.5, 0.6) is 5.75 Å². The maximum atomic E-state index is 13.0. The molecule has 0 saturated heterocycles. The second-order valence-electron chi connectivity index (χ2n) is 8.18. The summed E-state index contributed by atoms with van der Waals surface area (Å²) < 4.78 is 31.2. The number of imidazole rings is 1. The molecule has 12 heteroatoms. The monoisotopic (exact) mass is 573 g/mol. The maximum Gasteiger partial charge on any atom is 0.252 e. The van der Waals surface area contributed by atoms with Crippen molar-refractivity contribution < 1.29 is 18.5 Å². The van der Waals surface area contributed by atoms with E-state index in [1.54, 1.807) is 60.6 Å². The zero-order chi connectivity index (χ0) is 30.3. The quantitative estimate of drug-likeness (QED) is 0.351. The van der Waals surface area contributed by atoms with Gasteiger partial charge in [0, 0.05) is 31.3 Å². The molecular weight excluding hydrogens is 530 g/mol. The van der Waals surface area contributed by atoms with Crippen molar-refractivity contribution in [2.75, 3.05) is 18.4 Å². The standard InChI is InChI=1S/C22H25N7O4S.3C2H6/c1-22(2,13-33-16-6-4-5-15-19(16)20(23)28-34(31)27-15)26-21(30)14-7-8-24-17(11-14)29-10-9-25-18(29)12-32-3;3*1-2/h4-11,27H,12-13H2,1-3H3,(H2,23,28)(H,26,30);3*1-2H3. The molecule has 1 aliphatic rings. The number of hydrogen-bond donors (Lipinski definition) is 3. The third kappa shape index (κ3) is 9.16. The summed E-state index contributed by atoms with van der Waals surface area (Å²) in [4.78, 5) is 21.6. The Morgan fingerprint density at radius 3 is 2.48 bits per heavy atom. The Balaban J connectivity index is 0.00000125. The summed E-state index contributed by atoms with van der Waals surface area (Å²) in [7, 11) is 1.59. The van der Waals surface area contributed by atoms with Crippen molar-refractivity contribution >= 4 is 28.6 Å². The van der Waals surface area contributed by atoms with Gasteiger partial charge in [0.05, 0.1) is 16.8 Å². The molecule has 40 heavy (non-hydrogen) atoms. The van der Waals surface area contributed by atoms with E-state index >= 15 is 0 Å². The van der Waals surface area contributed by atoms with Crippen molar-refractivity contribution in [2.45, 2.75) is 67.5 Å². The summed E-state index contributed by atoms with van der Waals surface area (Å²) in [5.41, 5.74) is 6.79. The van der Waals surface area contributed by atoms with Crippen LogP contribution in [-0.4, -0.2) is 49.7 Å². The Bertz CT molecular complexity index is 1280. The predicted molar refractivity (Wildman–Crippen MR) is 162 cm³/mol. The maximum absolute atomic E-state index is 13.0. The minimum atomic E-state index is -1.62. The number of amidine groups is 1. The van der Waals surface area contributed by atoms with Crippen LogP contribution < -0.4 is 20.5 Å². The average molecular weight is 574 g/mol. The number of methoxy groups -OCH3 is 1. The van der Waals surface area contributed by atoms with Crippen LogP contribution >= 0.6 is 0 Å². The van der Waals surface area contributed by atoms with E-state index in [0.29, 0.717) is 40.8 Å². The van der Waals surface area contributed by atoms with E-state index in [1.165, 1.54) is 0 Å². The minimum Gasteiger partial charge on any atom is -0.490 e. The number of nitrogens with one attached hydrogen (secondary N) is 2. The Hall–Kier alpha value is -3.77. The molecule has 0 radical (unpaired) electrons. The number of hydrogen-bond acceptors (Lipinski definition) is 7. The predicted octanol–water partition coefficient (Wildman–Crippen LogP) is 4.79. The van der Waals surface area contributed by atoms with E-state index < -0.39 is 16.7 Å². The molecule has 1 atom stereocenters. The minimum absolute atomic E-state index is 0.126. The number of nitrogens with zero attached hydrogens (tertiary/aromatic N) is 4. The van der Waals surface area contributed by atoms with Crippen molar-refractivity contribution in [2.24, 2.45) is 10.1 Å². The molecule has 0 spiro atoms. The molecule has 1 aromatic carbocycles. The number of pyridine rings is 1. The van der Waals surface area contributed by atoms with Gasteiger partial charge in [-0.15, -0.1) is 0 Å². The lowest BCUT2D eigenvalue weighted by atomic mass is 10.1. The Morgan fingerprint density at radius 2 is 1.80 bits per heavy atom. The summed E-state index contributed by atoms with van der Waals surface area (Å²) in [6.07, 6.45) is 4.98. The number of rotatable bonds is 8. The van der Waals surface area contributed by atoms with Gasteiger partial charge in [-0.05, 0) is 38.1 Å². The lowest BCUT2D eigenvalue weighted by molar-refractivity contribution is 0.0880. The first-order chi connectivity index (χ1) is 19.3. The third-order valence-corrected chi connectivity index (χ3v) is 5.70. The topological polar surface area (TPSA) is 146 Å². The number of ether oxygens (including phenoxy) is 2. The SMILES string of the molecule is CC.CC.CC.COCc1nccn1-c1cc(C(=O)NC(C)(C)COc2cccc3c2C(N)=NS(=O)N3)ccn1. The molecule has 1 unspecified atom stereocenters. The van der Waals surface area contributed by atoms with E-state index in [-0.39, 0.29) is 18.3 Å². The molecular formula is C28H43N7O4S. The molecule has 4 N–H and O–H groups in total. The van der Waals surface area contributed by atoms with Gasteiger partial charge in [-0.25, -0.2) is 14.2 Å². The van der Waals surface area contributed by atoms with E-state index in [9.17, 15) is 9.00 Å². The number of amides is 1. The Labute approximate surface area is 240 Å². The fourth-order valence-corrected chi connectivity index (χ4v) is 4.07. The lowest BCUT2D eigenvalue weighted by Gasteiger charge is -2.27. The second-order valence-corrected chi connectivity index (χ2v) is 9.07. The number of benzene rings is 1. The first-order valence-electron chi connectivity index (χ1n) is 13.4. The number of anilines is 1. The number of carbonyl (C=O) groups excluding carboxylic acids is 1. The van der Waals surface area contributed by atoms with Gasteiger partial charge in [0.2, 0.25) is 11.2 Å². The summed E-state index contributed by atoms with van der Waals surface area (Å²) in [5, 5.41) is 2.99. The molecule has 0 aliphatic carbocycles. The van der Waals surface area contributed by atoms with E-state index in [0.717, 1.165) is 0 Å². The van der Waals surface area contributed by atoms with Gasteiger partial charge in [-0.1, -0.05) is 47.6 Å². The van der Waals surface area contributed by atoms with Gasteiger partial charge in [0.1, 0.15) is 36.4 Å². The molecule has 3 heterocycles. The van der Waals surface area contributed by atoms with E-state index in [2.05, 4.69) is 24.4 Å². The first-order valence-corrected chi connectivity index (χ1v) is 14.5. The van der Waals surface area contributed by atoms with Crippen LogP contribution in [0, 0.1) is 0 Å². The number of fused-ring (bicyclic) bond motifs is 1. The van der Waals surface area contributed by atoms with Crippen molar-refractivity contribution in [3.8, 4) is 11.6 Å². The van der Waals surface area contributed by atoms with Gasteiger partial charge in [-0.3, -0.25) is 14.1 Å². The fourth-order valence-electron chi connectivity index (χ4n) is 3.40. The molecule has 0 saturated carbocycles. The fraction of sp³-hybridized carbons (Fsp3) is 0.429. The van der Waals surface area contributed by atoms with Crippen LogP contribution in [-0.2, 0) is 22.5 Å². The molecule has 2 aromatic heterocycles. The zero-order valence-corrected chi connectivity index (χ0v) is 25.8. The third-order valence-electron chi connectivity index (χ3n) is 4.95. The van der Waals surface area contributed by atoms with Crippen LogP contribution in [0.1, 0.15) is 77.1 Å². The summed E-state index contributed by atoms with van der Waals surface area (Å²) in [6, 6.07) is 8.57. The van der Waals surface area contributed by atoms with Gasteiger partial charge in [0.25, 0.3) is 5.91 Å². The largest absolute Gasteiger partial charge is 0.490 e. The highest BCUT2D eigenvalue weighted by atomic mass is 32.2. The zero-order valence-electron chi connectivity index (χ0n) is 24.9. The average Bonchev–Trinajstić information content (AvgIpc) is 3.43. The molecule has 3 aromatic rings. The van der Waals surface area contributed by atoms with Crippen LogP contribution in [0.3, 0.4) is 0 Å². The Kier molecular flexibility index (Phi) is 14.6. The van der Waals surface area contributed by atoms with Gasteiger partial charge < -0.3 is 20.5 Å². The summed E-state index contributed by atoms with van der Waals surface area (Å²) in [6.45, 7) is 16.2. The van der Waals surface area contributed by atoms with Crippen molar-refractivity contribution in [1.82, 2.24) is 19.9 Å². The first kappa shape index (κ1) is 34.3.